The number of aryl methyl sites for hydroxylation is 2. The molecule has 2 fully saturated rings. The lowest BCUT2D eigenvalue weighted by molar-refractivity contribution is -0.120. The summed E-state index contributed by atoms with van der Waals surface area (Å²) in [6.45, 7) is 25.9. The first kappa shape index (κ1) is 59.1. The van der Waals surface area contributed by atoms with Crippen molar-refractivity contribution in [3.8, 4) is 11.1 Å². The minimum Gasteiger partial charge on any atom is -0.373 e. The SMILES string of the molecule is CC.CCCNCC(=O)N1c2ccc(CN3CCN(CC4CCN(C(=O)c5cc(C)c(C6=CCN(C(C)/C(C)=C/c7c(-c8ccc(NC)nc8)ccnc7C)CC6)c(F)c5)CC4)C(C)C3)cc21.CNC(=O)CCCC=O. The van der Waals surface area contributed by atoms with Gasteiger partial charge in [-0.25, -0.2) is 9.37 Å². The summed E-state index contributed by atoms with van der Waals surface area (Å²) < 4.78 is 16.1. The first-order valence-electron chi connectivity index (χ1n) is 27.8. The molecule has 2 saturated heterocycles. The average Bonchev–Trinajstić information content (AvgIpc) is 4.18. The predicted molar refractivity (Wildman–Crippen MR) is 307 cm³/mol. The molecule has 2 atom stereocenters. The molecule has 0 spiro atoms. The van der Waals surface area contributed by atoms with Crippen LogP contribution < -0.4 is 20.9 Å². The molecule has 8 rings (SSSR count). The molecule has 14 nitrogen and oxygen atoms in total. The van der Waals surface area contributed by atoms with Gasteiger partial charge in [-0.2, -0.15) is 0 Å². The number of benzene rings is 2. The van der Waals surface area contributed by atoms with Crippen LogP contribution in [-0.2, 0) is 20.9 Å². The third kappa shape index (κ3) is 15.5. The van der Waals surface area contributed by atoms with Crippen LogP contribution in [0.3, 0.4) is 0 Å². The molecule has 0 bridgehead atoms. The number of aldehydes is 1. The van der Waals surface area contributed by atoms with E-state index in [2.05, 4.69) is 111 Å². The molecular formula is C61H85FN10O4. The zero-order chi connectivity index (χ0) is 54.9. The van der Waals surface area contributed by atoms with Gasteiger partial charge in [0.2, 0.25) is 11.8 Å². The van der Waals surface area contributed by atoms with Crippen molar-refractivity contribution in [2.45, 2.75) is 119 Å². The molecule has 4 aliphatic rings. The average molecular weight is 1040 g/mol. The smallest absolute Gasteiger partial charge is 0.253 e. The molecule has 0 radical (unpaired) electrons. The van der Waals surface area contributed by atoms with Crippen LogP contribution in [0.1, 0.15) is 125 Å². The number of hydrogen-bond acceptors (Lipinski definition) is 11. The van der Waals surface area contributed by atoms with E-state index in [4.69, 9.17) is 0 Å². The molecule has 0 saturated carbocycles. The number of anilines is 3. The lowest BCUT2D eigenvalue weighted by Gasteiger charge is -2.42. The number of nitrogens with zero attached hydrogens (tertiary/aromatic N) is 7. The zero-order valence-corrected chi connectivity index (χ0v) is 47.1. The largest absolute Gasteiger partial charge is 0.373 e. The molecule has 0 aliphatic carbocycles. The topological polar surface area (TPSA) is 146 Å². The first-order valence-corrected chi connectivity index (χ1v) is 27.8. The minimum absolute atomic E-state index is 0.00292. The molecule has 6 heterocycles. The number of piperidine rings is 1. The molecule has 4 aromatic rings. The van der Waals surface area contributed by atoms with Crippen LogP contribution in [-0.4, -0.2) is 145 Å². The van der Waals surface area contributed by atoms with Gasteiger partial charge in [0.05, 0.1) is 17.9 Å². The van der Waals surface area contributed by atoms with Gasteiger partial charge < -0.3 is 25.6 Å². The van der Waals surface area contributed by atoms with E-state index in [9.17, 15) is 19.2 Å². The number of carbonyl (C=O) groups excluding carboxylic acids is 4. The number of amides is 3. The molecule has 3 N–H and O–H groups in total. The predicted octanol–water partition coefficient (Wildman–Crippen LogP) is 9.69. The number of piperazine rings is 1. The fraction of sp³-hybridized carbons (Fsp3) is 0.508. The summed E-state index contributed by atoms with van der Waals surface area (Å²) in [5.74, 6) is 1.09. The number of unbranched alkanes of at least 4 members (excludes halogenated alkanes) is 1. The van der Waals surface area contributed by atoms with Crippen LogP contribution in [0.5, 0.6) is 0 Å². The van der Waals surface area contributed by atoms with Gasteiger partial charge in [0.1, 0.15) is 17.9 Å². The quantitative estimate of drug-likeness (QED) is 0.0469. The van der Waals surface area contributed by atoms with Gasteiger partial charge in [0.25, 0.3) is 5.91 Å². The number of hydrogen-bond donors (Lipinski definition) is 3. The molecular weight excluding hydrogens is 956 g/mol. The van der Waals surface area contributed by atoms with E-state index in [-0.39, 0.29) is 29.6 Å². The van der Waals surface area contributed by atoms with Crippen molar-refractivity contribution in [3.05, 3.63) is 112 Å². The summed E-state index contributed by atoms with van der Waals surface area (Å²) in [7, 11) is 3.45. The van der Waals surface area contributed by atoms with Crippen LogP contribution in [0.2, 0.25) is 0 Å². The number of halogens is 1. The highest BCUT2D eigenvalue weighted by molar-refractivity contribution is 6.16. The minimum atomic E-state index is -0.311. The van der Waals surface area contributed by atoms with E-state index in [0.29, 0.717) is 62.0 Å². The van der Waals surface area contributed by atoms with Crippen molar-refractivity contribution < 1.29 is 23.6 Å². The number of fused-ring (bicyclic) bond motifs is 1. The molecule has 2 aromatic carbocycles. The van der Waals surface area contributed by atoms with E-state index in [0.717, 1.165) is 135 Å². The van der Waals surface area contributed by atoms with Gasteiger partial charge in [-0.1, -0.05) is 44.6 Å². The molecule has 410 valence electrons. The number of nitrogens with one attached hydrogen (secondary N) is 3. The maximum Gasteiger partial charge on any atom is 0.253 e. The van der Waals surface area contributed by atoms with E-state index in [1.54, 1.807) is 7.05 Å². The second-order valence-corrected chi connectivity index (χ2v) is 20.5. The van der Waals surface area contributed by atoms with E-state index in [1.165, 1.54) is 17.2 Å². The number of carbonyl (C=O) groups is 4. The summed E-state index contributed by atoms with van der Waals surface area (Å²) in [5.41, 5.74) is 11.7. The Bertz CT molecular complexity index is 2640. The third-order valence-electron chi connectivity index (χ3n) is 15.3. The van der Waals surface area contributed by atoms with Crippen molar-refractivity contribution in [1.82, 2.24) is 40.2 Å². The second-order valence-electron chi connectivity index (χ2n) is 20.5. The Morgan fingerprint density at radius 3 is 2.37 bits per heavy atom. The molecule has 2 aromatic heterocycles. The van der Waals surface area contributed by atoms with E-state index >= 15 is 4.39 Å². The van der Waals surface area contributed by atoms with Gasteiger partial charge in [0, 0.05) is 138 Å². The van der Waals surface area contributed by atoms with Gasteiger partial charge in [-0.15, -0.1) is 0 Å². The Kier molecular flexibility index (Phi) is 22.4. The Morgan fingerprint density at radius 1 is 0.947 bits per heavy atom. The van der Waals surface area contributed by atoms with E-state index in [1.807, 2.05) is 69.1 Å². The molecule has 76 heavy (non-hydrogen) atoms. The van der Waals surface area contributed by atoms with Gasteiger partial charge in [0.15, 0.2) is 0 Å². The van der Waals surface area contributed by atoms with Crippen LogP contribution in [0.15, 0.2) is 72.6 Å². The summed E-state index contributed by atoms with van der Waals surface area (Å²) in [5, 5.41) is 8.77. The maximum atomic E-state index is 16.1. The van der Waals surface area contributed by atoms with Crippen LogP contribution in [0.25, 0.3) is 22.8 Å². The van der Waals surface area contributed by atoms with Crippen molar-refractivity contribution in [1.29, 1.82) is 0 Å². The fourth-order valence-corrected chi connectivity index (χ4v) is 10.7. The number of aromatic nitrogens is 2. The van der Waals surface area contributed by atoms with Gasteiger partial charge in [-0.3, -0.25) is 39.0 Å². The summed E-state index contributed by atoms with van der Waals surface area (Å²) in [6.07, 6.45) is 14.2. The van der Waals surface area contributed by atoms with Crippen molar-refractivity contribution in [3.63, 3.8) is 0 Å². The van der Waals surface area contributed by atoms with Crippen molar-refractivity contribution in [2.24, 2.45) is 5.92 Å². The number of likely N-dealkylation sites (tertiary alicyclic amines) is 1. The zero-order valence-electron chi connectivity index (χ0n) is 47.1. The normalized spacial score (nSPS) is 17.5. The van der Waals surface area contributed by atoms with Gasteiger partial charge >= 0.3 is 0 Å². The fourth-order valence-electron chi connectivity index (χ4n) is 10.7. The Morgan fingerprint density at radius 2 is 1.72 bits per heavy atom. The second kappa shape index (κ2) is 28.8. The van der Waals surface area contributed by atoms with Crippen LogP contribution in [0, 0.1) is 25.6 Å². The highest BCUT2D eigenvalue weighted by Crippen LogP contribution is 2.48. The molecule has 4 aliphatic heterocycles. The Hall–Kier alpha value is -6.13. The van der Waals surface area contributed by atoms with Gasteiger partial charge in [-0.05, 0) is 144 Å². The van der Waals surface area contributed by atoms with Crippen LogP contribution >= 0.6 is 0 Å². The molecule has 2 unspecified atom stereocenters. The monoisotopic (exact) mass is 1040 g/mol. The first-order chi connectivity index (χ1) is 36.7. The highest BCUT2D eigenvalue weighted by atomic mass is 19.1. The summed E-state index contributed by atoms with van der Waals surface area (Å²) >= 11 is 0. The lowest BCUT2D eigenvalue weighted by atomic mass is 9.91. The van der Waals surface area contributed by atoms with E-state index < -0.39 is 0 Å². The van der Waals surface area contributed by atoms with Crippen LogP contribution in [0.4, 0.5) is 21.6 Å². The summed E-state index contributed by atoms with van der Waals surface area (Å²) in [6, 6.07) is 16.5. The van der Waals surface area contributed by atoms with Crippen molar-refractivity contribution in [2.75, 3.05) is 89.8 Å². The summed E-state index contributed by atoms with van der Waals surface area (Å²) in [4.78, 5) is 67.1. The lowest BCUT2D eigenvalue weighted by Crippen LogP contribution is -2.53. The Labute approximate surface area is 452 Å². The standard InChI is InChI=1S/C53H68FN9O2.C6H11NO2.C2H6/c1-8-18-56-31-51(64)63-48-11-9-41(28-49(48)63)33-59-24-25-62(37(4)32-59)34-40-14-20-61(21-15-40)53(65)44-26-36(3)52(47(54)29-44)42-16-22-60(23-17-42)39(6)35(2)27-46-38(5)57-19-13-45(46)43-10-12-50(55-7)58-30-43;1-7-6(9)4-2-3-5-8;1-2/h9-13,16,19,26-30,37,39-40,56H,8,14-15,17-18,20-25,31-34H2,1-7H3,(H,55,58);5H,2-4H2,1H3,(H,7,9);1-2H3/b35-27+;;. The molecule has 15 heteroatoms. The molecule has 3 amide bonds. The Balaban J connectivity index is 0.000000773. The number of rotatable bonds is 19. The number of pyridine rings is 2. The highest BCUT2D eigenvalue weighted by Gasteiger charge is 2.35. The third-order valence-corrected chi connectivity index (χ3v) is 15.3. The van der Waals surface area contributed by atoms with Crippen molar-refractivity contribution >= 4 is 52.8 Å². The maximum absolute atomic E-state index is 16.1.